The molecule has 0 aliphatic heterocycles. The Morgan fingerprint density at radius 3 is 2.67 bits per heavy atom. The molecule has 0 saturated heterocycles. The van der Waals surface area contributed by atoms with Gasteiger partial charge in [-0.05, 0) is 10.3 Å². The standard InChI is InChI=1S/C3H3NS2/c4-3-1-2-5-6-3/h1-2,4H/p+1. The van der Waals surface area contributed by atoms with Gasteiger partial charge in [-0.3, -0.25) is 0 Å². The first-order valence-corrected chi connectivity index (χ1v) is 3.73. The summed E-state index contributed by atoms with van der Waals surface area (Å²) >= 11 is 0. The summed E-state index contributed by atoms with van der Waals surface area (Å²) in [4.78, 5) is 0. The molecule has 6 heavy (non-hydrogen) atoms. The fourth-order valence-corrected chi connectivity index (χ4v) is 1.62. The van der Waals surface area contributed by atoms with Gasteiger partial charge in [0.15, 0.2) is 0 Å². The van der Waals surface area contributed by atoms with E-state index in [0.717, 1.165) is 4.67 Å². The molecule has 0 aliphatic rings. The van der Waals surface area contributed by atoms with Crippen molar-refractivity contribution in [1.29, 1.82) is 0 Å². The Labute approximate surface area is 42.8 Å². The van der Waals surface area contributed by atoms with Crippen molar-refractivity contribution >= 4 is 20.7 Å². The number of hydrogen-bond donors (Lipinski definition) is 1. The molecule has 0 unspecified atom stereocenters. The summed E-state index contributed by atoms with van der Waals surface area (Å²) in [6.07, 6.45) is 0. The predicted octanol–water partition coefficient (Wildman–Crippen LogP) is -0.531. The predicted molar refractivity (Wildman–Crippen MR) is 27.3 cm³/mol. The Kier molecular flexibility index (Phi) is 1.03. The van der Waals surface area contributed by atoms with Gasteiger partial charge in [-0.1, -0.05) is 10.3 Å². The van der Waals surface area contributed by atoms with Crippen LogP contribution in [0.15, 0.2) is 11.4 Å². The van der Waals surface area contributed by atoms with Crippen LogP contribution in [0.2, 0.25) is 0 Å². The Hall–Kier alpha value is -0.150. The second-order valence-corrected chi connectivity index (χ2v) is 3.06. The van der Waals surface area contributed by atoms with E-state index in [1.807, 2.05) is 11.4 Å². The van der Waals surface area contributed by atoms with Gasteiger partial charge in [0.2, 0.25) is 0 Å². The lowest BCUT2D eigenvalue weighted by Gasteiger charge is -1.40. The molecule has 0 amide bonds. The van der Waals surface area contributed by atoms with Gasteiger partial charge in [0, 0.05) is 11.4 Å². The normalized spacial score (nSPS) is 8.67. The van der Waals surface area contributed by atoms with Crippen molar-refractivity contribution in [3.63, 3.8) is 0 Å². The Bertz CT molecular complexity index is 147. The van der Waals surface area contributed by atoms with Crippen LogP contribution in [0.3, 0.4) is 0 Å². The molecule has 0 aliphatic carbocycles. The van der Waals surface area contributed by atoms with Crippen molar-refractivity contribution < 1.29 is 5.41 Å². The topological polar surface area (TPSA) is 25.6 Å². The Morgan fingerprint density at radius 1 is 1.67 bits per heavy atom. The van der Waals surface area contributed by atoms with Gasteiger partial charge in [-0.2, -0.15) is 0 Å². The molecule has 0 fully saturated rings. The van der Waals surface area contributed by atoms with Gasteiger partial charge in [-0.15, -0.1) is 0 Å². The minimum Gasteiger partial charge on any atom is -0.245 e. The molecule has 1 aromatic heterocycles. The molecule has 1 rings (SSSR count). The molecule has 1 aromatic rings. The average molecular weight is 118 g/mol. The third-order valence-corrected chi connectivity index (χ3v) is 2.30. The minimum atomic E-state index is 0.903. The molecule has 0 aromatic carbocycles. The molecule has 32 valence electrons. The maximum Gasteiger partial charge on any atom is 0.263 e. The molecule has 0 bridgehead atoms. The summed E-state index contributed by atoms with van der Waals surface area (Å²) in [5.41, 5.74) is 0. The summed E-state index contributed by atoms with van der Waals surface area (Å²) in [6, 6.07) is 1.90. The first-order valence-electron chi connectivity index (χ1n) is 1.52. The lowest BCUT2D eigenvalue weighted by molar-refractivity contribution is -0.166. The van der Waals surface area contributed by atoms with Crippen molar-refractivity contribution in [3.05, 3.63) is 16.1 Å². The van der Waals surface area contributed by atoms with Crippen molar-refractivity contribution in [2.45, 2.75) is 0 Å². The van der Waals surface area contributed by atoms with Crippen molar-refractivity contribution in [3.8, 4) is 0 Å². The highest BCUT2D eigenvalue weighted by Gasteiger charge is 1.76. The molecule has 0 saturated carbocycles. The molecule has 3 heteroatoms. The van der Waals surface area contributed by atoms with Crippen LogP contribution >= 0.6 is 20.7 Å². The fraction of sp³-hybridized carbons (Fsp3) is 0. The molecule has 0 radical (unpaired) electrons. The van der Waals surface area contributed by atoms with Crippen molar-refractivity contribution in [1.82, 2.24) is 0 Å². The van der Waals surface area contributed by atoms with Gasteiger partial charge < -0.3 is 0 Å². The maximum atomic E-state index is 5.31. The van der Waals surface area contributed by atoms with Crippen LogP contribution in [0.1, 0.15) is 0 Å². The average Bonchev–Trinajstić information content (AvgIpc) is 1.86. The lowest BCUT2D eigenvalue weighted by Crippen LogP contribution is -2.41. The van der Waals surface area contributed by atoms with E-state index in [1.54, 1.807) is 20.7 Å². The van der Waals surface area contributed by atoms with Gasteiger partial charge in [0.05, 0.1) is 0 Å². The minimum absolute atomic E-state index is 0.903. The summed E-state index contributed by atoms with van der Waals surface area (Å²) < 4.78 is 0.903. The molecule has 0 atom stereocenters. The second-order valence-electron chi connectivity index (χ2n) is 0.885. The highest BCUT2D eigenvalue weighted by Crippen LogP contribution is 1.94. The zero-order chi connectivity index (χ0) is 4.41. The van der Waals surface area contributed by atoms with Crippen LogP contribution in [0.25, 0.3) is 0 Å². The molecule has 2 N–H and O–H groups in total. The van der Waals surface area contributed by atoms with Crippen LogP contribution in [-0.2, 0) is 0 Å². The van der Waals surface area contributed by atoms with Crippen molar-refractivity contribution in [2.75, 3.05) is 0 Å². The van der Waals surface area contributed by atoms with Crippen LogP contribution in [0, 0.1) is 0 Å². The first-order chi connectivity index (χ1) is 2.89. The van der Waals surface area contributed by atoms with E-state index in [1.165, 1.54) is 0 Å². The van der Waals surface area contributed by atoms with Gasteiger partial charge in [0.25, 0.3) is 4.67 Å². The van der Waals surface area contributed by atoms with E-state index >= 15 is 0 Å². The quantitative estimate of drug-likeness (QED) is 0.443. The summed E-state index contributed by atoms with van der Waals surface area (Å²) in [5, 5.41) is 7.28. The van der Waals surface area contributed by atoms with E-state index in [9.17, 15) is 0 Å². The maximum absolute atomic E-state index is 5.31. The summed E-state index contributed by atoms with van der Waals surface area (Å²) in [5.74, 6) is 0. The van der Waals surface area contributed by atoms with Crippen LogP contribution < -0.4 is 10.1 Å². The van der Waals surface area contributed by atoms with Gasteiger partial charge in [0.1, 0.15) is 0 Å². The second kappa shape index (κ2) is 1.53. The van der Waals surface area contributed by atoms with Gasteiger partial charge >= 0.3 is 0 Å². The van der Waals surface area contributed by atoms with Gasteiger partial charge in [-0.25, -0.2) is 5.41 Å². The van der Waals surface area contributed by atoms with E-state index in [-0.39, 0.29) is 0 Å². The van der Waals surface area contributed by atoms with E-state index in [2.05, 4.69) is 0 Å². The SMILES string of the molecule is [NH2+]=c1ccss1. The molecular weight excluding hydrogens is 114 g/mol. The third-order valence-electron chi connectivity index (χ3n) is 0.432. The fourth-order valence-electron chi connectivity index (χ4n) is 0.206. The Balaban J connectivity index is 3.41. The van der Waals surface area contributed by atoms with E-state index in [0.29, 0.717) is 0 Å². The van der Waals surface area contributed by atoms with Crippen molar-refractivity contribution in [2.24, 2.45) is 0 Å². The highest BCUT2D eigenvalue weighted by molar-refractivity contribution is 7.67. The zero-order valence-corrected chi connectivity index (χ0v) is 4.68. The number of hydrogen-bond acceptors (Lipinski definition) is 2. The molecular formula is C3H4NS2+. The largest absolute Gasteiger partial charge is 0.263 e. The number of rotatable bonds is 0. The summed E-state index contributed by atoms with van der Waals surface area (Å²) in [7, 11) is 3.25. The van der Waals surface area contributed by atoms with Crippen LogP contribution in [0.5, 0.6) is 0 Å². The van der Waals surface area contributed by atoms with Crippen LogP contribution in [-0.4, -0.2) is 0 Å². The summed E-state index contributed by atoms with van der Waals surface area (Å²) in [6.45, 7) is 0. The number of nitrogens with two attached hydrogens (primary N) is 1. The Morgan fingerprint density at radius 2 is 2.50 bits per heavy atom. The molecule has 1 nitrogen and oxygen atoms in total. The third kappa shape index (κ3) is 0.666. The first kappa shape index (κ1) is 4.02. The molecule has 1 heterocycles. The monoisotopic (exact) mass is 118 g/mol. The lowest BCUT2D eigenvalue weighted by atomic mass is 10.8. The molecule has 0 spiro atoms. The van der Waals surface area contributed by atoms with E-state index < -0.39 is 0 Å². The zero-order valence-electron chi connectivity index (χ0n) is 3.05. The van der Waals surface area contributed by atoms with Crippen LogP contribution in [0.4, 0.5) is 0 Å². The van der Waals surface area contributed by atoms with E-state index in [4.69, 9.17) is 5.41 Å². The smallest absolute Gasteiger partial charge is 0.245 e. The highest BCUT2D eigenvalue weighted by atomic mass is 32.9.